The molecule has 1 fully saturated rings. The van der Waals surface area contributed by atoms with E-state index in [0.717, 1.165) is 24.4 Å². The molecule has 0 aliphatic carbocycles. The molecule has 2 aromatic carbocycles. The van der Waals surface area contributed by atoms with Crippen molar-refractivity contribution >= 4 is 17.4 Å². The van der Waals surface area contributed by atoms with E-state index in [-0.39, 0.29) is 18.4 Å². The van der Waals surface area contributed by atoms with Gasteiger partial charge in [0.2, 0.25) is 5.56 Å². The van der Waals surface area contributed by atoms with Crippen LogP contribution in [-0.4, -0.2) is 36.0 Å². The van der Waals surface area contributed by atoms with Gasteiger partial charge in [-0.15, -0.1) is 0 Å². The summed E-state index contributed by atoms with van der Waals surface area (Å²) in [6.45, 7) is 1.80. The van der Waals surface area contributed by atoms with Gasteiger partial charge in [-0.25, -0.2) is 8.78 Å². The molecule has 0 aromatic heterocycles. The number of ether oxygens (including phenoxy) is 1. The fraction of sp³-hybridized carbons (Fsp3) is 0.400. The molecular weight excluding hydrogens is 354 g/mol. The number of thioether (sulfide) groups is 1. The van der Waals surface area contributed by atoms with Gasteiger partial charge in [0.1, 0.15) is 5.75 Å². The predicted octanol–water partition coefficient (Wildman–Crippen LogP) is 4.84. The fourth-order valence-corrected chi connectivity index (χ4v) is 4.25. The lowest BCUT2D eigenvalue weighted by Crippen LogP contribution is -2.40. The zero-order valence-corrected chi connectivity index (χ0v) is 15.3. The number of fused-ring (bicyclic) bond motifs is 1. The summed E-state index contributed by atoms with van der Waals surface area (Å²) in [5.41, 5.74) is 2.18. The zero-order valence-electron chi connectivity index (χ0n) is 14.5. The van der Waals surface area contributed by atoms with Crippen molar-refractivity contribution in [3.63, 3.8) is 0 Å². The molecule has 2 aliphatic heterocycles. The number of rotatable bonds is 5. The first-order chi connectivity index (χ1) is 12.6. The highest BCUT2D eigenvalue weighted by atomic mass is 32.2. The minimum atomic E-state index is -2.47. The van der Waals surface area contributed by atoms with Crippen molar-refractivity contribution in [3.8, 4) is 5.75 Å². The van der Waals surface area contributed by atoms with E-state index in [0.29, 0.717) is 13.1 Å². The minimum Gasteiger partial charge on any atom is -0.461 e. The van der Waals surface area contributed by atoms with E-state index in [1.807, 2.05) is 30.3 Å². The van der Waals surface area contributed by atoms with Gasteiger partial charge in [-0.05, 0) is 36.2 Å². The quantitative estimate of drug-likeness (QED) is 0.807. The second kappa shape index (κ2) is 7.45. The van der Waals surface area contributed by atoms with Crippen LogP contribution in [0.3, 0.4) is 0 Å². The number of halogens is 2. The smallest absolute Gasteiger partial charge is 0.250 e. The first-order valence-electron chi connectivity index (χ1n) is 8.95. The van der Waals surface area contributed by atoms with Crippen LogP contribution in [0.4, 0.5) is 14.5 Å². The van der Waals surface area contributed by atoms with Crippen molar-refractivity contribution in [1.82, 2.24) is 4.90 Å². The Morgan fingerprint density at radius 3 is 2.54 bits per heavy atom. The maximum absolute atomic E-state index is 13.2. The van der Waals surface area contributed by atoms with Crippen molar-refractivity contribution in [2.75, 3.05) is 25.0 Å². The largest absolute Gasteiger partial charge is 0.461 e. The number of hydrogen-bond donors (Lipinski definition) is 1. The van der Waals surface area contributed by atoms with Gasteiger partial charge in [0.15, 0.2) is 0 Å². The SMILES string of the molecule is FC1(F)CCN(CCc2ccc(OC3Nc4ccccc4S3)cc2)CC1. The number of anilines is 1. The maximum atomic E-state index is 13.2. The lowest BCUT2D eigenvalue weighted by atomic mass is 10.1. The second-order valence-corrected chi connectivity index (χ2v) is 7.90. The summed E-state index contributed by atoms with van der Waals surface area (Å²) in [7, 11) is 0. The van der Waals surface area contributed by atoms with Gasteiger partial charge in [-0.3, -0.25) is 0 Å². The number of para-hydroxylation sites is 1. The van der Waals surface area contributed by atoms with Gasteiger partial charge in [-0.2, -0.15) is 0 Å². The molecule has 6 heteroatoms. The van der Waals surface area contributed by atoms with Gasteiger partial charge < -0.3 is 15.0 Å². The highest BCUT2D eigenvalue weighted by Gasteiger charge is 2.33. The van der Waals surface area contributed by atoms with Crippen molar-refractivity contribution in [3.05, 3.63) is 54.1 Å². The summed E-state index contributed by atoms with van der Waals surface area (Å²) >= 11 is 1.66. The molecule has 0 amide bonds. The molecule has 1 atom stereocenters. The van der Waals surface area contributed by atoms with Gasteiger partial charge in [-0.1, -0.05) is 36.0 Å². The number of benzene rings is 2. The Morgan fingerprint density at radius 2 is 1.81 bits per heavy atom. The Morgan fingerprint density at radius 1 is 1.08 bits per heavy atom. The highest BCUT2D eigenvalue weighted by molar-refractivity contribution is 8.00. The van der Waals surface area contributed by atoms with Crippen LogP contribution in [0, 0.1) is 0 Å². The van der Waals surface area contributed by atoms with E-state index in [4.69, 9.17) is 4.74 Å². The Bertz CT molecular complexity index is 719. The van der Waals surface area contributed by atoms with Crippen molar-refractivity contribution in [2.24, 2.45) is 0 Å². The number of nitrogens with zero attached hydrogens (tertiary/aromatic N) is 1. The van der Waals surface area contributed by atoms with Crippen molar-refractivity contribution < 1.29 is 13.5 Å². The molecule has 138 valence electrons. The van der Waals surface area contributed by atoms with Gasteiger partial charge in [0.25, 0.3) is 5.92 Å². The van der Waals surface area contributed by atoms with E-state index >= 15 is 0 Å². The number of likely N-dealkylation sites (tertiary alicyclic amines) is 1. The molecule has 26 heavy (non-hydrogen) atoms. The van der Waals surface area contributed by atoms with Crippen molar-refractivity contribution in [2.45, 2.75) is 35.6 Å². The van der Waals surface area contributed by atoms with Gasteiger partial charge >= 0.3 is 0 Å². The van der Waals surface area contributed by atoms with Crippen LogP contribution in [0.25, 0.3) is 0 Å². The number of piperidine rings is 1. The molecule has 4 rings (SSSR count). The average molecular weight is 376 g/mol. The summed E-state index contributed by atoms with van der Waals surface area (Å²) in [6.07, 6.45) is 0.830. The first-order valence-corrected chi connectivity index (χ1v) is 9.83. The molecule has 0 saturated carbocycles. The standard InChI is InChI=1S/C20H22F2N2OS/c21-20(22)10-13-24(14-11-20)12-9-15-5-7-16(8-6-15)25-19-23-17-3-1-2-4-18(17)26-19/h1-8,19,23H,9-14H2. The third kappa shape index (κ3) is 4.30. The molecule has 3 nitrogen and oxygen atoms in total. The van der Waals surface area contributed by atoms with Crippen LogP contribution in [0.15, 0.2) is 53.4 Å². The van der Waals surface area contributed by atoms with Crippen molar-refractivity contribution in [1.29, 1.82) is 0 Å². The summed E-state index contributed by atoms with van der Waals surface area (Å²) in [4.78, 5) is 3.32. The molecule has 1 unspecified atom stereocenters. The highest BCUT2D eigenvalue weighted by Crippen LogP contribution is 2.38. The molecule has 0 bridgehead atoms. The minimum absolute atomic E-state index is 0.0196. The molecule has 2 aromatic rings. The number of hydrogen-bond acceptors (Lipinski definition) is 4. The van der Waals surface area contributed by atoms with E-state index in [9.17, 15) is 8.78 Å². The van der Waals surface area contributed by atoms with Crippen LogP contribution in [0.1, 0.15) is 18.4 Å². The van der Waals surface area contributed by atoms with Crippen LogP contribution in [0.2, 0.25) is 0 Å². The van der Waals surface area contributed by atoms with E-state index in [1.54, 1.807) is 11.8 Å². The molecule has 2 heterocycles. The lowest BCUT2D eigenvalue weighted by molar-refractivity contribution is -0.0548. The van der Waals surface area contributed by atoms with E-state index in [2.05, 4.69) is 28.4 Å². The Hall–Kier alpha value is -1.79. The molecule has 1 N–H and O–H groups in total. The summed E-state index contributed by atoms with van der Waals surface area (Å²) in [6, 6.07) is 16.2. The van der Waals surface area contributed by atoms with Crippen LogP contribution in [-0.2, 0) is 6.42 Å². The molecule has 0 radical (unpaired) electrons. The topological polar surface area (TPSA) is 24.5 Å². The molecule has 0 spiro atoms. The normalized spacial score (nSPS) is 21.8. The Labute approximate surface area is 156 Å². The first kappa shape index (κ1) is 17.6. The fourth-order valence-electron chi connectivity index (χ4n) is 3.26. The molecular formula is C20H22F2N2OS. The number of nitrogens with one attached hydrogen (secondary N) is 1. The summed E-state index contributed by atoms with van der Waals surface area (Å²) < 4.78 is 32.4. The van der Waals surface area contributed by atoms with Gasteiger partial charge in [0.05, 0.1) is 5.69 Å². The zero-order chi connectivity index (χ0) is 18.0. The Kier molecular flexibility index (Phi) is 5.05. The van der Waals surface area contributed by atoms with Crippen LogP contribution >= 0.6 is 11.8 Å². The lowest BCUT2D eigenvalue weighted by Gasteiger charge is -2.31. The number of alkyl halides is 2. The third-order valence-corrected chi connectivity index (χ3v) is 5.90. The van der Waals surface area contributed by atoms with Gasteiger partial charge in [0, 0.05) is 37.4 Å². The third-order valence-electron chi connectivity index (χ3n) is 4.87. The monoisotopic (exact) mass is 376 g/mol. The molecule has 1 saturated heterocycles. The summed E-state index contributed by atoms with van der Waals surface area (Å²) in [5, 5.41) is 3.35. The molecule has 2 aliphatic rings. The Balaban J connectivity index is 1.25. The predicted molar refractivity (Wildman–Crippen MR) is 101 cm³/mol. The van der Waals surface area contributed by atoms with E-state index < -0.39 is 5.92 Å². The average Bonchev–Trinajstić information content (AvgIpc) is 3.04. The van der Waals surface area contributed by atoms with Crippen LogP contribution < -0.4 is 10.1 Å². The van der Waals surface area contributed by atoms with Crippen LogP contribution in [0.5, 0.6) is 5.75 Å². The summed E-state index contributed by atoms with van der Waals surface area (Å²) in [5.74, 6) is -1.65. The second-order valence-electron chi connectivity index (χ2n) is 6.80. The van der Waals surface area contributed by atoms with E-state index in [1.165, 1.54) is 10.5 Å². The maximum Gasteiger partial charge on any atom is 0.250 e.